The topological polar surface area (TPSA) is 67.0 Å². The number of hydrogen-bond donors (Lipinski definition) is 0. The molecule has 0 saturated heterocycles. The molecule has 0 fully saturated rings. The zero-order chi connectivity index (χ0) is 14.0. The van der Waals surface area contributed by atoms with Crippen LogP contribution in [0.5, 0.6) is 0 Å². The van der Waals surface area contributed by atoms with Crippen molar-refractivity contribution in [2.45, 2.75) is 39.8 Å². The summed E-state index contributed by atoms with van der Waals surface area (Å²) in [5.74, 6) is 1.15. The normalized spacial score (nSPS) is 27.6. The lowest BCUT2D eigenvalue weighted by Crippen LogP contribution is -2.23. The Balaban J connectivity index is 2.12. The Kier molecular flexibility index (Phi) is 4.08. The molecule has 2 aliphatic rings. The first kappa shape index (κ1) is 13.9. The van der Waals surface area contributed by atoms with E-state index in [0.717, 1.165) is 0 Å². The summed E-state index contributed by atoms with van der Waals surface area (Å²) in [5.41, 5.74) is 0. The van der Waals surface area contributed by atoms with Crippen molar-refractivity contribution in [3.63, 3.8) is 0 Å². The van der Waals surface area contributed by atoms with Gasteiger partial charge in [0.05, 0.1) is 18.2 Å². The summed E-state index contributed by atoms with van der Waals surface area (Å²) in [4.78, 5) is 8.97. The van der Waals surface area contributed by atoms with Crippen LogP contribution in [0, 0.1) is 29.1 Å². The van der Waals surface area contributed by atoms with E-state index in [1.54, 1.807) is 0 Å². The van der Waals surface area contributed by atoms with Crippen LogP contribution in [-0.4, -0.2) is 37.1 Å². The fraction of sp³-hybridized carbons (Fsp3) is 0.786. The van der Waals surface area contributed by atoms with Crippen molar-refractivity contribution >= 4 is 11.8 Å². The average Bonchev–Trinajstić information content (AvgIpc) is 2.98. The van der Waals surface area contributed by atoms with Gasteiger partial charge in [0.2, 0.25) is 11.8 Å². The molecule has 2 unspecified atom stereocenters. The molecule has 5 nitrogen and oxygen atoms in total. The van der Waals surface area contributed by atoms with Crippen molar-refractivity contribution in [3.05, 3.63) is 0 Å². The van der Waals surface area contributed by atoms with E-state index >= 15 is 0 Å². The highest BCUT2D eigenvalue weighted by Gasteiger charge is 2.35. The highest BCUT2D eigenvalue weighted by molar-refractivity contribution is 6.04. The van der Waals surface area contributed by atoms with Crippen LogP contribution in [0.1, 0.15) is 27.7 Å². The Morgan fingerprint density at radius 1 is 1.00 bits per heavy atom. The third kappa shape index (κ3) is 2.89. The number of hydrogen-bond acceptors (Lipinski definition) is 5. The molecule has 0 bridgehead atoms. The second-order valence-electron chi connectivity index (χ2n) is 5.74. The first-order valence-corrected chi connectivity index (χ1v) is 6.83. The number of aliphatic imine (C=N–C) groups is 2. The van der Waals surface area contributed by atoms with E-state index in [-0.39, 0.29) is 12.1 Å². The summed E-state index contributed by atoms with van der Waals surface area (Å²) in [6, 6.07) is 2.46. The van der Waals surface area contributed by atoms with Gasteiger partial charge in [0.25, 0.3) is 0 Å². The monoisotopic (exact) mass is 263 g/mol. The third-order valence-corrected chi connectivity index (χ3v) is 3.55. The van der Waals surface area contributed by atoms with Gasteiger partial charge in [-0.2, -0.15) is 5.26 Å². The maximum Gasteiger partial charge on any atom is 0.211 e. The van der Waals surface area contributed by atoms with Crippen LogP contribution in [-0.2, 0) is 9.47 Å². The Labute approximate surface area is 114 Å². The molecule has 2 heterocycles. The van der Waals surface area contributed by atoms with Crippen LogP contribution < -0.4 is 0 Å². The SMILES string of the molecule is CC(C)C1COC(C(C#N)C2=NC(C(C)C)CO2)=N1. The number of ether oxygens (including phenoxy) is 2. The average molecular weight is 263 g/mol. The van der Waals surface area contributed by atoms with E-state index in [9.17, 15) is 5.26 Å². The Morgan fingerprint density at radius 2 is 1.42 bits per heavy atom. The summed E-state index contributed by atoms with van der Waals surface area (Å²) in [6.07, 6.45) is 0. The number of rotatable bonds is 4. The minimum Gasteiger partial charge on any atom is -0.477 e. The van der Waals surface area contributed by atoms with Gasteiger partial charge in [-0.25, -0.2) is 9.98 Å². The summed E-state index contributed by atoms with van der Waals surface area (Å²) in [5, 5.41) is 9.32. The van der Waals surface area contributed by atoms with Gasteiger partial charge in [0, 0.05) is 0 Å². The van der Waals surface area contributed by atoms with Gasteiger partial charge in [0.1, 0.15) is 13.2 Å². The molecule has 0 aromatic heterocycles. The minimum atomic E-state index is -0.590. The first-order chi connectivity index (χ1) is 9.02. The second-order valence-corrected chi connectivity index (χ2v) is 5.74. The zero-order valence-corrected chi connectivity index (χ0v) is 12.0. The molecule has 0 spiro atoms. The van der Waals surface area contributed by atoms with Crippen LogP contribution in [0.25, 0.3) is 0 Å². The molecule has 2 rings (SSSR count). The summed E-state index contributed by atoms with van der Waals surface area (Å²) in [6.45, 7) is 9.49. The lowest BCUT2D eigenvalue weighted by atomic mass is 10.1. The zero-order valence-electron chi connectivity index (χ0n) is 12.0. The van der Waals surface area contributed by atoms with E-state index in [2.05, 4.69) is 43.7 Å². The number of nitrogens with zero attached hydrogens (tertiary/aromatic N) is 3. The standard InChI is InChI=1S/C14H21N3O2/c1-8(2)11-6-18-13(16-11)10(5-15)14-17-12(7-19-14)9(3)4/h8-12H,6-7H2,1-4H3. The fourth-order valence-electron chi connectivity index (χ4n) is 2.03. The molecule has 0 aliphatic carbocycles. The van der Waals surface area contributed by atoms with Gasteiger partial charge in [-0.15, -0.1) is 0 Å². The molecule has 5 heteroatoms. The molecule has 104 valence electrons. The fourth-order valence-corrected chi connectivity index (χ4v) is 2.03. The Morgan fingerprint density at radius 3 is 1.68 bits per heavy atom. The van der Waals surface area contributed by atoms with Crippen molar-refractivity contribution in [1.29, 1.82) is 5.26 Å². The van der Waals surface area contributed by atoms with Crippen molar-refractivity contribution in [2.75, 3.05) is 13.2 Å². The maximum absolute atomic E-state index is 9.32. The van der Waals surface area contributed by atoms with E-state index in [4.69, 9.17) is 9.47 Å². The summed E-state index contributed by atoms with van der Waals surface area (Å²) >= 11 is 0. The third-order valence-electron chi connectivity index (χ3n) is 3.55. The molecular formula is C14H21N3O2. The lowest BCUT2D eigenvalue weighted by Gasteiger charge is -2.07. The maximum atomic E-state index is 9.32. The first-order valence-electron chi connectivity index (χ1n) is 6.83. The van der Waals surface area contributed by atoms with E-state index in [0.29, 0.717) is 36.8 Å². The van der Waals surface area contributed by atoms with Crippen molar-refractivity contribution in [1.82, 2.24) is 0 Å². The molecule has 0 radical (unpaired) electrons. The molecule has 19 heavy (non-hydrogen) atoms. The van der Waals surface area contributed by atoms with E-state index in [1.165, 1.54) is 0 Å². The van der Waals surface area contributed by atoms with Gasteiger partial charge in [-0.1, -0.05) is 27.7 Å². The van der Waals surface area contributed by atoms with Crippen LogP contribution in [0.4, 0.5) is 0 Å². The van der Waals surface area contributed by atoms with Gasteiger partial charge < -0.3 is 9.47 Å². The van der Waals surface area contributed by atoms with Crippen molar-refractivity contribution in [2.24, 2.45) is 27.7 Å². The quantitative estimate of drug-likeness (QED) is 0.779. The van der Waals surface area contributed by atoms with Crippen molar-refractivity contribution in [3.8, 4) is 6.07 Å². The molecule has 0 saturated carbocycles. The number of nitriles is 1. The Hall–Kier alpha value is -1.57. The summed E-state index contributed by atoms with van der Waals surface area (Å²) in [7, 11) is 0. The largest absolute Gasteiger partial charge is 0.477 e. The molecule has 0 amide bonds. The minimum absolute atomic E-state index is 0.133. The van der Waals surface area contributed by atoms with Crippen LogP contribution in [0.3, 0.4) is 0 Å². The summed E-state index contributed by atoms with van der Waals surface area (Å²) < 4.78 is 11.1. The predicted molar refractivity (Wildman–Crippen MR) is 73.1 cm³/mol. The van der Waals surface area contributed by atoms with Crippen molar-refractivity contribution < 1.29 is 9.47 Å². The van der Waals surface area contributed by atoms with E-state index in [1.807, 2.05) is 0 Å². The molecule has 0 aromatic carbocycles. The molecule has 2 aliphatic heterocycles. The smallest absolute Gasteiger partial charge is 0.211 e. The van der Waals surface area contributed by atoms with Gasteiger partial charge in [0.15, 0.2) is 5.92 Å². The van der Waals surface area contributed by atoms with Gasteiger partial charge in [-0.3, -0.25) is 0 Å². The highest BCUT2D eigenvalue weighted by Crippen LogP contribution is 2.22. The van der Waals surface area contributed by atoms with E-state index < -0.39 is 5.92 Å². The molecular weight excluding hydrogens is 242 g/mol. The van der Waals surface area contributed by atoms with Crippen LogP contribution in [0.15, 0.2) is 9.98 Å². The molecule has 0 N–H and O–H groups in total. The lowest BCUT2D eigenvalue weighted by molar-refractivity contribution is 0.270. The second kappa shape index (κ2) is 5.60. The molecule has 0 aromatic rings. The van der Waals surface area contributed by atoms with Gasteiger partial charge >= 0.3 is 0 Å². The van der Waals surface area contributed by atoms with Crippen LogP contribution in [0.2, 0.25) is 0 Å². The Bertz CT molecular complexity index is 400. The predicted octanol–water partition coefficient (Wildman–Crippen LogP) is 2.03. The highest BCUT2D eigenvalue weighted by atomic mass is 16.5. The van der Waals surface area contributed by atoms with Gasteiger partial charge in [-0.05, 0) is 11.8 Å². The molecule has 2 atom stereocenters. The van der Waals surface area contributed by atoms with Crippen LogP contribution >= 0.6 is 0 Å².